The van der Waals surface area contributed by atoms with Crippen molar-refractivity contribution in [3.05, 3.63) is 35.9 Å². The highest BCUT2D eigenvalue weighted by molar-refractivity contribution is 6.04. The second kappa shape index (κ2) is 18.0. The van der Waals surface area contributed by atoms with Gasteiger partial charge in [0.2, 0.25) is 0 Å². The first-order valence-corrected chi connectivity index (χ1v) is 18.6. The molecule has 0 unspecified atom stereocenters. The number of nitrogens with zero attached hydrogens (tertiary/aromatic N) is 4. The lowest BCUT2D eigenvalue weighted by molar-refractivity contribution is -0.246. The van der Waals surface area contributed by atoms with E-state index >= 15 is 0 Å². The zero-order valence-corrected chi connectivity index (χ0v) is 32.1. The summed E-state index contributed by atoms with van der Waals surface area (Å²) in [5, 5.41) is 0. The monoisotopic (exact) mass is 686 g/mol. The van der Waals surface area contributed by atoms with E-state index in [0.29, 0.717) is 18.9 Å². The van der Waals surface area contributed by atoms with E-state index in [1.807, 2.05) is 13.8 Å². The number of ketones is 1. The number of Topliss-reactive ketones (excluding diaryl/α,β-unsaturated/α-hetero) is 1. The molecule has 0 amide bonds. The molecule has 3 aliphatic heterocycles. The lowest BCUT2D eigenvalue weighted by Gasteiger charge is -2.41. The van der Waals surface area contributed by atoms with Gasteiger partial charge < -0.3 is 28.7 Å². The average molecular weight is 687 g/mol. The van der Waals surface area contributed by atoms with Crippen LogP contribution in [-0.2, 0) is 35.0 Å². The van der Waals surface area contributed by atoms with E-state index in [1.54, 1.807) is 21.0 Å². The van der Waals surface area contributed by atoms with E-state index in [0.717, 1.165) is 58.7 Å². The summed E-state index contributed by atoms with van der Waals surface area (Å²) in [5.74, 6) is -1.07. The highest BCUT2D eigenvalue weighted by Gasteiger charge is 2.47. The van der Waals surface area contributed by atoms with Crippen LogP contribution in [0.2, 0.25) is 0 Å². The van der Waals surface area contributed by atoms with Crippen molar-refractivity contribution in [2.45, 2.75) is 110 Å². The largest absolute Gasteiger partial charge is 0.460 e. The first-order valence-electron chi connectivity index (χ1n) is 18.6. The molecule has 0 bridgehead atoms. The molecule has 0 aliphatic carbocycles. The fourth-order valence-corrected chi connectivity index (χ4v) is 8.00. The zero-order valence-electron chi connectivity index (χ0n) is 32.1. The van der Waals surface area contributed by atoms with Gasteiger partial charge in [-0.1, -0.05) is 44.2 Å². The van der Waals surface area contributed by atoms with Crippen LogP contribution in [-0.4, -0.2) is 148 Å². The summed E-state index contributed by atoms with van der Waals surface area (Å²) in [6.45, 7) is 18.1. The molecule has 0 radical (unpaired) electrons. The van der Waals surface area contributed by atoms with Crippen LogP contribution < -0.4 is 0 Å². The van der Waals surface area contributed by atoms with Crippen molar-refractivity contribution in [2.24, 2.45) is 17.3 Å². The van der Waals surface area contributed by atoms with E-state index < -0.39 is 35.8 Å². The van der Waals surface area contributed by atoms with Crippen LogP contribution in [0.25, 0.3) is 0 Å². The summed E-state index contributed by atoms with van der Waals surface area (Å²) >= 11 is 0. The van der Waals surface area contributed by atoms with Gasteiger partial charge in [-0.25, -0.2) is 0 Å². The summed E-state index contributed by atoms with van der Waals surface area (Å²) in [7, 11) is 7.99. The normalized spacial score (nSPS) is 35.0. The summed E-state index contributed by atoms with van der Waals surface area (Å²) < 4.78 is 25.4. The van der Waals surface area contributed by atoms with Crippen molar-refractivity contribution in [2.75, 3.05) is 74.1 Å². The Labute approximate surface area is 296 Å². The predicted octanol–water partition coefficient (Wildman–Crippen LogP) is 4.21. The molecule has 10 heteroatoms. The maximum atomic E-state index is 14.2. The number of carbonyl (C=O) groups is 2. The molecule has 3 aliphatic rings. The minimum Gasteiger partial charge on any atom is -0.460 e. The summed E-state index contributed by atoms with van der Waals surface area (Å²) in [5.41, 5.74) is 0.0211. The molecule has 0 saturated carbocycles. The van der Waals surface area contributed by atoms with E-state index in [2.05, 4.69) is 84.9 Å². The summed E-state index contributed by atoms with van der Waals surface area (Å²) in [6, 6.07) is 11.0. The van der Waals surface area contributed by atoms with E-state index in [-0.39, 0.29) is 30.0 Å². The smallest absolute Gasteiger partial charge is 0.319 e. The Bertz CT molecular complexity index is 1180. The number of rotatable bonds is 9. The molecule has 1 aromatic rings. The van der Waals surface area contributed by atoms with Gasteiger partial charge in [-0.3, -0.25) is 19.4 Å². The fraction of sp³-hybridized carbons (Fsp3) is 0.795. The SMILES string of the molecule is CO[C@@H]1C[C@@H](C)CN(C)[C@@H](CN2CCN(CCc3ccccc3)CC2)[C@H](C)OC(=O)C(C)(C)C(=O)[C@H](C)[C@H]1O[C@H]1C[C@@H](N(C)C)C[C@@H](C)O1. The number of esters is 1. The fourth-order valence-electron chi connectivity index (χ4n) is 8.00. The maximum absolute atomic E-state index is 14.2. The van der Waals surface area contributed by atoms with E-state index in [9.17, 15) is 9.59 Å². The van der Waals surface area contributed by atoms with Gasteiger partial charge in [-0.2, -0.15) is 0 Å². The van der Waals surface area contributed by atoms with E-state index in [4.69, 9.17) is 18.9 Å². The van der Waals surface area contributed by atoms with Gasteiger partial charge in [0, 0.05) is 71.3 Å². The number of benzene rings is 1. The molecule has 4 rings (SSSR count). The van der Waals surface area contributed by atoms with Crippen LogP contribution >= 0.6 is 0 Å². The molecular weight excluding hydrogens is 620 g/mol. The molecule has 9 atom stereocenters. The minimum absolute atomic E-state index is 0.0283. The van der Waals surface area contributed by atoms with Gasteiger partial charge in [-0.15, -0.1) is 0 Å². The number of carbonyl (C=O) groups excluding carboxylic acids is 2. The third-order valence-corrected chi connectivity index (χ3v) is 11.3. The number of ether oxygens (including phenoxy) is 4. The molecule has 3 heterocycles. The van der Waals surface area contributed by atoms with Gasteiger partial charge in [0.25, 0.3) is 0 Å². The molecule has 278 valence electrons. The lowest BCUT2D eigenvalue weighted by atomic mass is 9.78. The first-order chi connectivity index (χ1) is 23.2. The predicted molar refractivity (Wildman–Crippen MR) is 193 cm³/mol. The molecule has 3 saturated heterocycles. The Balaban J connectivity index is 1.49. The first kappa shape index (κ1) is 39.9. The second-order valence-corrected chi connectivity index (χ2v) is 16.0. The van der Waals surface area contributed by atoms with Gasteiger partial charge in [-0.05, 0) is 79.6 Å². The Morgan fingerprint density at radius 1 is 0.939 bits per heavy atom. The third kappa shape index (κ3) is 10.8. The number of piperazine rings is 1. The van der Waals surface area contributed by atoms with Crippen molar-refractivity contribution < 1.29 is 28.5 Å². The van der Waals surface area contributed by atoms with Gasteiger partial charge >= 0.3 is 5.97 Å². The molecule has 10 nitrogen and oxygen atoms in total. The minimum atomic E-state index is -1.35. The number of hydrogen-bond acceptors (Lipinski definition) is 10. The second-order valence-electron chi connectivity index (χ2n) is 16.0. The zero-order chi connectivity index (χ0) is 35.9. The van der Waals surface area contributed by atoms with Crippen LogP contribution in [0.4, 0.5) is 0 Å². The quantitative estimate of drug-likeness (QED) is 0.279. The van der Waals surface area contributed by atoms with Gasteiger partial charge in [0.05, 0.1) is 24.4 Å². The maximum Gasteiger partial charge on any atom is 0.319 e. The highest BCUT2D eigenvalue weighted by atomic mass is 16.7. The number of methoxy groups -OCH3 is 1. The number of likely N-dealkylation sites (N-methyl/N-ethyl adjacent to an activating group) is 1. The van der Waals surface area contributed by atoms with Crippen LogP contribution in [0, 0.1) is 17.3 Å². The molecule has 0 spiro atoms. The Kier molecular flexibility index (Phi) is 14.7. The van der Waals surface area contributed by atoms with Crippen molar-refractivity contribution in [1.82, 2.24) is 19.6 Å². The Morgan fingerprint density at radius 3 is 2.22 bits per heavy atom. The van der Waals surface area contributed by atoms with E-state index in [1.165, 1.54) is 5.56 Å². The third-order valence-electron chi connectivity index (χ3n) is 11.3. The number of hydrogen-bond donors (Lipinski definition) is 0. The topological polar surface area (TPSA) is 84.0 Å². The standard InChI is InChI=1S/C39H66N4O6/c1-27-22-34(46-10)36(49-35-24-32(40(7)8)23-28(2)47-35)29(3)37(44)39(5,6)38(45)48-30(4)33(41(9)25-27)26-43-20-18-42(19-21-43)17-16-31-14-12-11-13-15-31/h11-15,27-30,32-36H,16-26H2,1-10H3/t27-,28-,29-,30+,32+,33+,34-,35+,36-/m1/s1. The molecule has 1 aromatic carbocycles. The molecule has 0 aromatic heterocycles. The molecule has 49 heavy (non-hydrogen) atoms. The lowest BCUT2D eigenvalue weighted by Crippen LogP contribution is -2.55. The van der Waals surface area contributed by atoms with Crippen molar-refractivity contribution in [3.63, 3.8) is 0 Å². The van der Waals surface area contributed by atoms with Crippen LogP contribution in [0.15, 0.2) is 30.3 Å². The Morgan fingerprint density at radius 2 is 1.59 bits per heavy atom. The molecule has 3 fully saturated rings. The van der Waals surface area contributed by atoms with Crippen molar-refractivity contribution >= 4 is 11.8 Å². The average Bonchev–Trinajstić information content (AvgIpc) is 3.07. The Hall–Kier alpha value is -1.92. The summed E-state index contributed by atoms with van der Waals surface area (Å²) in [6.07, 6.45) is 1.62. The number of cyclic esters (lactones) is 1. The van der Waals surface area contributed by atoms with Crippen LogP contribution in [0.3, 0.4) is 0 Å². The van der Waals surface area contributed by atoms with Gasteiger partial charge in [0.1, 0.15) is 11.5 Å². The van der Waals surface area contributed by atoms with Crippen LogP contribution in [0.1, 0.15) is 66.4 Å². The molecule has 0 N–H and O–H groups in total. The molecular formula is C39H66N4O6. The van der Waals surface area contributed by atoms with Crippen molar-refractivity contribution in [1.29, 1.82) is 0 Å². The van der Waals surface area contributed by atoms with Crippen LogP contribution in [0.5, 0.6) is 0 Å². The van der Waals surface area contributed by atoms with Crippen molar-refractivity contribution in [3.8, 4) is 0 Å². The highest BCUT2D eigenvalue weighted by Crippen LogP contribution is 2.34. The van der Waals surface area contributed by atoms with Gasteiger partial charge in [0.15, 0.2) is 12.1 Å². The summed E-state index contributed by atoms with van der Waals surface area (Å²) in [4.78, 5) is 37.7.